The van der Waals surface area contributed by atoms with Crippen molar-refractivity contribution in [3.63, 3.8) is 0 Å². The first-order chi connectivity index (χ1) is 5.12. The molecule has 0 aromatic rings. The number of carbonyl (C=O) groups is 1. The second-order valence-corrected chi connectivity index (χ2v) is 3.33. The molecule has 0 bridgehead atoms. The van der Waals surface area contributed by atoms with E-state index in [2.05, 4.69) is 0 Å². The van der Waals surface area contributed by atoms with Gasteiger partial charge in [-0.15, -0.1) is 0 Å². The Labute approximate surface area is 67.3 Å². The lowest BCUT2D eigenvalue weighted by Crippen LogP contribution is -2.53. The van der Waals surface area contributed by atoms with Gasteiger partial charge in [-0.2, -0.15) is 0 Å². The lowest BCUT2D eigenvalue weighted by atomic mass is 9.82. The maximum atomic E-state index is 11.5. The van der Waals surface area contributed by atoms with Gasteiger partial charge in [0.05, 0.1) is 18.6 Å². The molecule has 0 aliphatic carbocycles. The Hall–Kier alpha value is -0.570. The lowest BCUT2D eigenvalue weighted by molar-refractivity contribution is -0.170. The average Bonchev–Trinajstić information content (AvgIpc) is 1.86. The van der Waals surface area contributed by atoms with Gasteiger partial charge in [0.15, 0.2) is 0 Å². The zero-order chi connectivity index (χ0) is 8.48. The molecule has 11 heavy (non-hydrogen) atoms. The van der Waals surface area contributed by atoms with Crippen LogP contribution in [-0.4, -0.2) is 38.1 Å². The quantitative estimate of drug-likeness (QED) is 0.584. The van der Waals surface area contributed by atoms with E-state index < -0.39 is 0 Å². The molecule has 1 saturated heterocycles. The van der Waals surface area contributed by atoms with Crippen LogP contribution in [0.1, 0.15) is 13.3 Å². The number of carbonyl (C=O) groups excluding carboxylic acids is 1. The van der Waals surface area contributed by atoms with Crippen LogP contribution in [0.15, 0.2) is 0 Å². The van der Waals surface area contributed by atoms with Crippen LogP contribution < -0.4 is 0 Å². The zero-order valence-electron chi connectivity index (χ0n) is 7.39. The average molecular weight is 157 g/mol. The second kappa shape index (κ2) is 2.81. The standard InChI is InChI=1S/C8H15NO2/c1-4-8(5-11-6-8)7(10)9(2)3/h4-6H2,1-3H3. The molecule has 1 amide bonds. The molecular weight excluding hydrogens is 142 g/mol. The highest BCUT2D eigenvalue weighted by atomic mass is 16.5. The number of hydrogen-bond donors (Lipinski definition) is 0. The molecule has 0 saturated carbocycles. The number of nitrogens with zero attached hydrogens (tertiary/aromatic N) is 1. The minimum absolute atomic E-state index is 0.191. The van der Waals surface area contributed by atoms with Gasteiger partial charge in [-0.1, -0.05) is 6.92 Å². The van der Waals surface area contributed by atoms with Crippen molar-refractivity contribution < 1.29 is 9.53 Å². The molecule has 0 atom stereocenters. The van der Waals surface area contributed by atoms with Crippen molar-refractivity contribution in [3.05, 3.63) is 0 Å². The highest BCUT2D eigenvalue weighted by Crippen LogP contribution is 2.32. The van der Waals surface area contributed by atoms with Gasteiger partial charge in [-0.05, 0) is 6.42 Å². The molecule has 64 valence electrons. The van der Waals surface area contributed by atoms with E-state index in [-0.39, 0.29) is 11.3 Å². The van der Waals surface area contributed by atoms with Crippen LogP contribution in [0.3, 0.4) is 0 Å². The largest absolute Gasteiger partial charge is 0.379 e. The van der Waals surface area contributed by atoms with Crippen molar-refractivity contribution in [3.8, 4) is 0 Å². The SMILES string of the molecule is CCC1(C(=O)N(C)C)COC1. The number of rotatable bonds is 2. The van der Waals surface area contributed by atoms with Gasteiger partial charge in [-0.25, -0.2) is 0 Å². The fourth-order valence-electron chi connectivity index (χ4n) is 1.30. The van der Waals surface area contributed by atoms with Gasteiger partial charge in [-0.3, -0.25) is 4.79 Å². The molecule has 0 spiro atoms. The first kappa shape index (κ1) is 8.53. The summed E-state index contributed by atoms with van der Waals surface area (Å²) < 4.78 is 5.05. The van der Waals surface area contributed by atoms with Crippen molar-refractivity contribution in [2.45, 2.75) is 13.3 Å². The number of ether oxygens (including phenoxy) is 1. The van der Waals surface area contributed by atoms with E-state index in [1.54, 1.807) is 19.0 Å². The van der Waals surface area contributed by atoms with Crippen LogP contribution in [0.2, 0.25) is 0 Å². The maximum absolute atomic E-state index is 11.5. The summed E-state index contributed by atoms with van der Waals surface area (Å²) in [6, 6.07) is 0. The van der Waals surface area contributed by atoms with Gasteiger partial charge in [0.1, 0.15) is 0 Å². The van der Waals surface area contributed by atoms with Gasteiger partial charge in [0.25, 0.3) is 0 Å². The molecule has 0 unspecified atom stereocenters. The van der Waals surface area contributed by atoms with Crippen LogP contribution in [0, 0.1) is 5.41 Å². The van der Waals surface area contributed by atoms with Crippen LogP contribution in [0.4, 0.5) is 0 Å². The highest BCUT2D eigenvalue weighted by molar-refractivity contribution is 5.83. The maximum Gasteiger partial charge on any atom is 0.232 e. The molecule has 0 N–H and O–H groups in total. The smallest absolute Gasteiger partial charge is 0.232 e. The lowest BCUT2D eigenvalue weighted by Gasteiger charge is -2.40. The molecule has 3 heteroatoms. The molecule has 3 nitrogen and oxygen atoms in total. The van der Waals surface area contributed by atoms with Crippen molar-refractivity contribution in [1.29, 1.82) is 0 Å². The first-order valence-corrected chi connectivity index (χ1v) is 3.92. The predicted molar refractivity (Wildman–Crippen MR) is 42.2 cm³/mol. The molecule has 1 heterocycles. The monoisotopic (exact) mass is 157 g/mol. The second-order valence-electron chi connectivity index (χ2n) is 3.33. The summed E-state index contributed by atoms with van der Waals surface area (Å²) >= 11 is 0. The third kappa shape index (κ3) is 1.25. The summed E-state index contributed by atoms with van der Waals surface area (Å²) in [5.74, 6) is 0.200. The summed E-state index contributed by atoms with van der Waals surface area (Å²) in [7, 11) is 3.58. The molecule has 1 aliphatic heterocycles. The summed E-state index contributed by atoms with van der Waals surface area (Å²) in [4.78, 5) is 13.2. The summed E-state index contributed by atoms with van der Waals surface area (Å²) in [5, 5.41) is 0. The Morgan fingerprint density at radius 3 is 2.18 bits per heavy atom. The van der Waals surface area contributed by atoms with E-state index >= 15 is 0 Å². The minimum Gasteiger partial charge on any atom is -0.379 e. The van der Waals surface area contributed by atoms with Crippen LogP contribution in [0.5, 0.6) is 0 Å². The van der Waals surface area contributed by atoms with Crippen molar-refractivity contribution >= 4 is 5.91 Å². The van der Waals surface area contributed by atoms with E-state index in [0.717, 1.165) is 6.42 Å². The van der Waals surface area contributed by atoms with E-state index in [1.807, 2.05) is 6.92 Å². The Balaban J connectivity index is 2.62. The van der Waals surface area contributed by atoms with Crippen LogP contribution in [-0.2, 0) is 9.53 Å². The zero-order valence-corrected chi connectivity index (χ0v) is 7.39. The first-order valence-electron chi connectivity index (χ1n) is 3.92. The molecular formula is C8H15NO2. The van der Waals surface area contributed by atoms with Crippen molar-refractivity contribution in [2.75, 3.05) is 27.3 Å². The van der Waals surface area contributed by atoms with E-state index in [0.29, 0.717) is 13.2 Å². The Morgan fingerprint density at radius 1 is 1.55 bits per heavy atom. The molecule has 0 aromatic carbocycles. The summed E-state index contributed by atoms with van der Waals surface area (Å²) in [6.45, 7) is 3.23. The van der Waals surface area contributed by atoms with Crippen molar-refractivity contribution in [2.24, 2.45) is 5.41 Å². The van der Waals surface area contributed by atoms with Gasteiger partial charge < -0.3 is 9.64 Å². The minimum atomic E-state index is -0.191. The molecule has 0 aromatic heterocycles. The third-order valence-electron chi connectivity index (χ3n) is 2.29. The predicted octanol–water partition coefficient (Wildman–Crippen LogP) is 0.501. The number of hydrogen-bond acceptors (Lipinski definition) is 2. The van der Waals surface area contributed by atoms with Crippen LogP contribution in [0.25, 0.3) is 0 Å². The highest BCUT2D eigenvalue weighted by Gasteiger charge is 2.44. The van der Waals surface area contributed by atoms with E-state index in [9.17, 15) is 4.79 Å². The van der Waals surface area contributed by atoms with Crippen molar-refractivity contribution in [1.82, 2.24) is 4.90 Å². The van der Waals surface area contributed by atoms with Gasteiger partial charge >= 0.3 is 0 Å². The fraction of sp³-hybridized carbons (Fsp3) is 0.875. The summed E-state index contributed by atoms with van der Waals surface area (Å²) in [5.41, 5.74) is -0.191. The van der Waals surface area contributed by atoms with Gasteiger partial charge in [0.2, 0.25) is 5.91 Å². The van der Waals surface area contributed by atoms with Gasteiger partial charge in [0, 0.05) is 14.1 Å². The Morgan fingerprint density at radius 2 is 2.09 bits per heavy atom. The van der Waals surface area contributed by atoms with E-state index in [4.69, 9.17) is 4.74 Å². The third-order valence-corrected chi connectivity index (χ3v) is 2.29. The Kier molecular flexibility index (Phi) is 2.18. The molecule has 0 radical (unpaired) electrons. The fourth-order valence-corrected chi connectivity index (χ4v) is 1.30. The number of amides is 1. The Bertz CT molecular complexity index is 156. The molecule has 1 fully saturated rings. The molecule has 1 rings (SSSR count). The topological polar surface area (TPSA) is 29.5 Å². The normalized spacial score (nSPS) is 20.6. The van der Waals surface area contributed by atoms with E-state index in [1.165, 1.54) is 0 Å². The summed E-state index contributed by atoms with van der Waals surface area (Å²) in [6.07, 6.45) is 0.879. The van der Waals surface area contributed by atoms with Crippen LogP contribution >= 0.6 is 0 Å². The molecule has 1 aliphatic rings.